The Morgan fingerprint density at radius 1 is 1.20 bits per heavy atom. The topological polar surface area (TPSA) is 63.1 Å². The van der Waals surface area contributed by atoms with Crippen LogP contribution >= 0.6 is 0 Å². The summed E-state index contributed by atoms with van der Waals surface area (Å²) in [5.74, 6) is 0.653. The van der Waals surface area contributed by atoms with E-state index < -0.39 is 0 Å². The lowest BCUT2D eigenvalue weighted by molar-refractivity contribution is 0.194. The van der Waals surface area contributed by atoms with Crippen molar-refractivity contribution in [3.8, 4) is 0 Å². The number of carbonyl (C=O) groups is 1. The highest BCUT2D eigenvalue weighted by atomic mass is 16.2. The van der Waals surface area contributed by atoms with E-state index in [1.54, 1.807) is 0 Å². The van der Waals surface area contributed by atoms with E-state index in [2.05, 4.69) is 48.3 Å². The first-order valence-electron chi connectivity index (χ1n) is 9.02. The van der Waals surface area contributed by atoms with Crippen molar-refractivity contribution in [1.29, 1.82) is 0 Å². The molecule has 0 saturated carbocycles. The second kappa shape index (κ2) is 5.86. The average Bonchev–Trinajstić information content (AvgIpc) is 3.19. The van der Waals surface area contributed by atoms with E-state index >= 15 is 0 Å². The molecular formula is C19H25N5O. The summed E-state index contributed by atoms with van der Waals surface area (Å²) in [5.41, 5.74) is 4.63. The highest BCUT2D eigenvalue weighted by Gasteiger charge is 2.26. The van der Waals surface area contributed by atoms with Crippen molar-refractivity contribution in [1.82, 2.24) is 19.7 Å². The number of carbonyl (C=O) groups excluding carboxylic acids is 1. The third-order valence-electron chi connectivity index (χ3n) is 5.02. The van der Waals surface area contributed by atoms with Crippen LogP contribution in [-0.4, -0.2) is 32.2 Å². The van der Waals surface area contributed by atoms with E-state index in [1.807, 2.05) is 15.6 Å². The Bertz CT molecular complexity index is 818. The minimum Gasteiger partial charge on any atom is -0.317 e. The minimum absolute atomic E-state index is 0.0196. The van der Waals surface area contributed by atoms with Crippen LogP contribution in [0.25, 0.3) is 0 Å². The zero-order valence-electron chi connectivity index (χ0n) is 15.2. The first-order chi connectivity index (χ1) is 11.9. The molecule has 6 heteroatoms. The zero-order valence-corrected chi connectivity index (χ0v) is 15.2. The number of hydrogen-bond donors (Lipinski definition) is 1. The molecule has 132 valence electrons. The molecule has 4 rings (SSSR count). The van der Waals surface area contributed by atoms with Gasteiger partial charge in [-0.1, -0.05) is 26.8 Å². The molecule has 0 spiro atoms. The van der Waals surface area contributed by atoms with E-state index in [0.29, 0.717) is 18.9 Å². The quantitative estimate of drug-likeness (QED) is 0.868. The van der Waals surface area contributed by atoms with Crippen LogP contribution in [0.15, 0.2) is 18.2 Å². The number of nitrogens with one attached hydrogen (secondary N) is 1. The maximum absolute atomic E-state index is 12.6. The number of aromatic nitrogens is 3. The van der Waals surface area contributed by atoms with Gasteiger partial charge in [-0.2, -0.15) is 5.10 Å². The summed E-state index contributed by atoms with van der Waals surface area (Å²) in [5, 5.41) is 7.64. The van der Waals surface area contributed by atoms with E-state index in [1.165, 1.54) is 5.56 Å². The summed E-state index contributed by atoms with van der Waals surface area (Å²) >= 11 is 0. The molecule has 1 N–H and O–H groups in total. The Hall–Kier alpha value is -2.37. The fourth-order valence-corrected chi connectivity index (χ4v) is 3.49. The maximum atomic E-state index is 12.6. The minimum atomic E-state index is -0.0878. The second-order valence-corrected chi connectivity index (χ2v) is 8.00. The van der Waals surface area contributed by atoms with Gasteiger partial charge in [-0.05, 0) is 37.0 Å². The summed E-state index contributed by atoms with van der Waals surface area (Å²) in [4.78, 5) is 19.1. The summed E-state index contributed by atoms with van der Waals surface area (Å²) < 4.78 is 2.03. The molecular weight excluding hydrogens is 314 g/mol. The van der Waals surface area contributed by atoms with Crippen LogP contribution in [0.1, 0.15) is 49.8 Å². The van der Waals surface area contributed by atoms with Crippen molar-refractivity contribution in [2.45, 2.75) is 58.5 Å². The van der Waals surface area contributed by atoms with Gasteiger partial charge in [0.05, 0.1) is 24.5 Å². The van der Waals surface area contributed by atoms with E-state index in [0.717, 1.165) is 42.9 Å². The van der Waals surface area contributed by atoms with Gasteiger partial charge >= 0.3 is 6.03 Å². The number of rotatable bonds is 1. The van der Waals surface area contributed by atoms with Gasteiger partial charge < -0.3 is 4.90 Å². The van der Waals surface area contributed by atoms with Crippen molar-refractivity contribution >= 4 is 11.8 Å². The van der Waals surface area contributed by atoms with Crippen LogP contribution < -0.4 is 5.32 Å². The lowest BCUT2D eigenvalue weighted by atomic mass is 9.92. The van der Waals surface area contributed by atoms with Crippen molar-refractivity contribution < 1.29 is 4.79 Å². The largest absolute Gasteiger partial charge is 0.323 e. The predicted octanol–water partition coefficient (Wildman–Crippen LogP) is 3.11. The summed E-state index contributed by atoms with van der Waals surface area (Å²) in [6.45, 7) is 8.45. The van der Waals surface area contributed by atoms with Gasteiger partial charge in [0.25, 0.3) is 0 Å². The number of urea groups is 1. The van der Waals surface area contributed by atoms with Crippen molar-refractivity contribution in [3.63, 3.8) is 0 Å². The third-order valence-corrected chi connectivity index (χ3v) is 5.02. The highest BCUT2D eigenvalue weighted by Crippen LogP contribution is 2.25. The number of aryl methyl sites for hydroxylation is 2. The second-order valence-electron chi connectivity index (χ2n) is 8.00. The molecule has 0 radical (unpaired) electrons. The first-order valence-corrected chi connectivity index (χ1v) is 9.02. The van der Waals surface area contributed by atoms with Gasteiger partial charge in [0.15, 0.2) is 0 Å². The molecule has 0 fully saturated rings. The smallest absolute Gasteiger partial charge is 0.317 e. The molecule has 2 aromatic rings. The molecule has 0 unspecified atom stereocenters. The van der Waals surface area contributed by atoms with Crippen molar-refractivity contribution in [2.24, 2.45) is 0 Å². The van der Waals surface area contributed by atoms with Crippen LogP contribution in [0.2, 0.25) is 0 Å². The van der Waals surface area contributed by atoms with Crippen LogP contribution in [0.3, 0.4) is 0 Å². The van der Waals surface area contributed by atoms with Gasteiger partial charge in [-0.3, -0.25) is 10.00 Å². The Morgan fingerprint density at radius 3 is 2.84 bits per heavy atom. The normalized spacial score (nSPS) is 16.5. The molecule has 3 heterocycles. The lowest BCUT2D eigenvalue weighted by Gasteiger charge is -2.27. The van der Waals surface area contributed by atoms with Gasteiger partial charge in [0, 0.05) is 17.7 Å². The fraction of sp³-hybridized carbons (Fsp3) is 0.526. The first kappa shape index (κ1) is 16.1. The van der Waals surface area contributed by atoms with Gasteiger partial charge in [-0.25, -0.2) is 9.78 Å². The van der Waals surface area contributed by atoms with Crippen molar-refractivity contribution in [2.75, 3.05) is 11.9 Å². The molecule has 1 aliphatic heterocycles. The summed E-state index contributed by atoms with van der Waals surface area (Å²) in [6.07, 6.45) is 3.27. The van der Waals surface area contributed by atoms with E-state index in [9.17, 15) is 4.79 Å². The molecule has 0 bridgehead atoms. The highest BCUT2D eigenvalue weighted by molar-refractivity contribution is 5.88. The maximum Gasteiger partial charge on any atom is 0.323 e. The third kappa shape index (κ3) is 3.13. The lowest BCUT2D eigenvalue weighted by Crippen LogP contribution is -2.41. The number of anilines is 1. The molecule has 2 aromatic heterocycles. The molecule has 0 saturated heterocycles. The Labute approximate surface area is 148 Å². The van der Waals surface area contributed by atoms with Crippen LogP contribution in [0, 0.1) is 0 Å². The molecule has 6 nitrogen and oxygen atoms in total. The van der Waals surface area contributed by atoms with E-state index in [4.69, 9.17) is 0 Å². The monoisotopic (exact) mass is 339 g/mol. The molecule has 0 aromatic carbocycles. The molecule has 0 atom stereocenters. The van der Waals surface area contributed by atoms with Crippen LogP contribution in [0.5, 0.6) is 0 Å². The molecule has 1 aliphatic carbocycles. The van der Waals surface area contributed by atoms with Gasteiger partial charge in [-0.15, -0.1) is 0 Å². The average molecular weight is 339 g/mol. The number of nitrogens with zero attached hydrogens (tertiary/aromatic N) is 4. The zero-order chi connectivity index (χ0) is 17.6. The molecule has 25 heavy (non-hydrogen) atoms. The Kier molecular flexibility index (Phi) is 3.78. The van der Waals surface area contributed by atoms with Gasteiger partial charge in [0.1, 0.15) is 5.82 Å². The number of hydrogen-bond acceptors (Lipinski definition) is 3. The summed E-state index contributed by atoms with van der Waals surface area (Å²) in [7, 11) is 0. The SMILES string of the molecule is CC(C)(C)c1cc2n(n1)CCN(C(=O)Nc1ccc3c(n1)CCC3)C2. The fourth-order valence-electron chi connectivity index (χ4n) is 3.49. The van der Waals surface area contributed by atoms with Crippen LogP contribution in [-0.2, 0) is 31.3 Å². The summed E-state index contributed by atoms with van der Waals surface area (Å²) in [6, 6.07) is 6.03. The standard InChI is InChI=1S/C19H25N5O/c1-19(2,3)16-11-14-12-23(9-10-24(14)22-16)18(25)21-17-8-7-13-5-4-6-15(13)20-17/h7-8,11H,4-6,9-10,12H2,1-3H3,(H,20,21,25). The van der Waals surface area contributed by atoms with E-state index in [-0.39, 0.29) is 11.4 Å². The van der Waals surface area contributed by atoms with Crippen LogP contribution in [0.4, 0.5) is 10.6 Å². The molecule has 2 amide bonds. The van der Waals surface area contributed by atoms with Gasteiger partial charge in [0.2, 0.25) is 0 Å². The number of amides is 2. The Morgan fingerprint density at radius 2 is 2.04 bits per heavy atom. The number of pyridine rings is 1. The number of fused-ring (bicyclic) bond motifs is 2. The molecule has 2 aliphatic rings. The van der Waals surface area contributed by atoms with Crippen molar-refractivity contribution in [3.05, 3.63) is 40.8 Å². The predicted molar refractivity (Wildman–Crippen MR) is 96.6 cm³/mol. The Balaban J connectivity index is 1.46.